The monoisotopic (exact) mass is 396 g/mol. The smallest absolute Gasteiger partial charge is 0.267 e. The number of carbonyl (C=O) groups excluding carboxylic acids is 2. The molecular weight excluding hydrogens is 375 g/mol. The van der Waals surface area contributed by atoms with Crippen molar-refractivity contribution in [3.63, 3.8) is 0 Å². The van der Waals surface area contributed by atoms with E-state index in [0.717, 1.165) is 24.0 Å². The highest BCUT2D eigenvalue weighted by Gasteiger charge is 2.25. The third-order valence-electron chi connectivity index (χ3n) is 4.40. The minimum atomic E-state index is -0.630. The lowest BCUT2D eigenvalue weighted by molar-refractivity contribution is -0.124. The van der Waals surface area contributed by atoms with Gasteiger partial charge in [-0.3, -0.25) is 14.8 Å². The molecule has 1 fully saturated rings. The van der Waals surface area contributed by atoms with Gasteiger partial charge in [0.25, 0.3) is 11.8 Å². The van der Waals surface area contributed by atoms with E-state index in [1.807, 2.05) is 0 Å². The van der Waals surface area contributed by atoms with Gasteiger partial charge in [0.2, 0.25) is 0 Å². The lowest BCUT2D eigenvalue weighted by Gasteiger charge is -2.11. The van der Waals surface area contributed by atoms with Crippen LogP contribution in [0.2, 0.25) is 0 Å². The van der Waals surface area contributed by atoms with Crippen LogP contribution in [0.15, 0.2) is 48.5 Å². The fraction of sp³-hybridized carbons (Fsp3) is 0.182. The van der Waals surface area contributed by atoms with E-state index in [4.69, 9.17) is 9.94 Å². The van der Waals surface area contributed by atoms with Gasteiger partial charge in [-0.15, -0.1) is 0 Å². The number of rotatable bonds is 7. The molecular formula is C22H21FN2O4. The Kier molecular flexibility index (Phi) is 6.41. The van der Waals surface area contributed by atoms with Crippen molar-refractivity contribution < 1.29 is 23.9 Å². The molecule has 0 atom stereocenters. The van der Waals surface area contributed by atoms with Gasteiger partial charge in [0.15, 0.2) is 11.6 Å². The SMILES string of the molecule is COc1ccc(C(=Cc2ccc(/C=C/C(=O)NO)cc2)C(=O)NC2CC2)cc1F. The molecule has 29 heavy (non-hydrogen) atoms. The molecule has 1 aliphatic carbocycles. The average Bonchev–Trinajstić information content (AvgIpc) is 3.54. The quantitative estimate of drug-likeness (QED) is 0.290. The van der Waals surface area contributed by atoms with E-state index in [0.29, 0.717) is 11.1 Å². The molecule has 0 unspecified atom stereocenters. The molecule has 0 bridgehead atoms. The van der Waals surface area contributed by atoms with Gasteiger partial charge < -0.3 is 10.1 Å². The van der Waals surface area contributed by atoms with Gasteiger partial charge in [-0.25, -0.2) is 9.87 Å². The number of amides is 2. The van der Waals surface area contributed by atoms with Gasteiger partial charge in [0.1, 0.15) is 0 Å². The van der Waals surface area contributed by atoms with Crippen LogP contribution in [-0.2, 0) is 9.59 Å². The highest BCUT2D eigenvalue weighted by atomic mass is 19.1. The van der Waals surface area contributed by atoms with Crippen LogP contribution in [0.5, 0.6) is 5.75 Å². The molecule has 1 aliphatic rings. The molecule has 0 heterocycles. The van der Waals surface area contributed by atoms with Crippen molar-refractivity contribution >= 4 is 29.5 Å². The summed E-state index contributed by atoms with van der Waals surface area (Å²) in [6.07, 6.45) is 6.31. The van der Waals surface area contributed by atoms with Crippen molar-refractivity contribution in [3.8, 4) is 5.75 Å². The van der Waals surface area contributed by atoms with E-state index in [1.165, 1.54) is 30.8 Å². The first-order valence-electron chi connectivity index (χ1n) is 9.09. The van der Waals surface area contributed by atoms with Crippen LogP contribution in [0.4, 0.5) is 4.39 Å². The number of benzene rings is 2. The van der Waals surface area contributed by atoms with Gasteiger partial charge in [0.05, 0.1) is 7.11 Å². The average molecular weight is 396 g/mol. The topological polar surface area (TPSA) is 87.7 Å². The van der Waals surface area contributed by atoms with Crippen molar-refractivity contribution in [1.82, 2.24) is 10.8 Å². The Morgan fingerprint density at radius 3 is 2.41 bits per heavy atom. The first-order valence-corrected chi connectivity index (χ1v) is 9.09. The summed E-state index contributed by atoms with van der Waals surface area (Å²) in [5.74, 6) is -1.33. The zero-order valence-corrected chi connectivity index (χ0v) is 15.8. The van der Waals surface area contributed by atoms with Crippen molar-refractivity contribution in [3.05, 3.63) is 71.0 Å². The molecule has 150 valence electrons. The summed E-state index contributed by atoms with van der Waals surface area (Å²) in [5.41, 5.74) is 3.80. The van der Waals surface area contributed by atoms with Crippen LogP contribution in [0.25, 0.3) is 17.7 Å². The molecule has 0 aromatic heterocycles. The number of nitrogens with one attached hydrogen (secondary N) is 2. The van der Waals surface area contributed by atoms with Gasteiger partial charge in [-0.1, -0.05) is 30.3 Å². The largest absolute Gasteiger partial charge is 0.494 e. The first-order chi connectivity index (χ1) is 14.0. The minimum Gasteiger partial charge on any atom is -0.494 e. The van der Waals surface area contributed by atoms with E-state index in [2.05, 4.69) is 5.32 Å². The molecule has 3 rings (SSSR count). The van der Waals surface area contributed by atoms with E-state index < -0.39 is 11.7 Å². The highest BCUT2D eigenvalue weighted by Crippen LogP contribution is 2.26. The lowest BCUT2D eigenvalue weighted by atomic mass is 10.0. The molecule has 2 aromatic carbocycles. The first kappa shape index (κ1) is 20.3. The summed E-state index contributed by atoms with van der Waals surface area (Å²) in [5, 5.41) is 11.4. The summed E-state index contributed by atoms with van der Waals surface area (Å²) in [6.45, 7) is 0. The summed E-state index contributed by atoms with van der Waals surface area (Å²) in [7, 11) is 1.38. The summed E-state index contributed by atoms with van der Waals surface area (Å²) in [6, 6.07) is 11.7. The molecule has 1 saturated carbocycles. The van der Waals surface area contributed by atoms with E-state index in [1.54, 1.807) is 42.5 Å². The van der Waals surface area contributed by atoms with Crippen LogP contribution in [0.1, 0.15) is 29.5 Å². The summed E-state index contributed by atoms with van der Waals surface area (Å²) < 4.78 is 19.1. The number of hydrogen-bond donors (Lipinski definition) is 3. The van der Waals surface area contributed by atoms with Crippen molar-refractivity contribution in [2.24, 2.45) is 0 Å². The number of hydroxylamine groups is 1. The third-order valence-corrected chi connectivity index (χ3v) is 4.40. The third kappa shape index (κ3) is 5.52. The van der Waals surface area contributed by atoms with Crippen LogP contribution in [-0.4, -0.2) is 30.2 Å². The normalized spacial score (nSPS) is 14.0. The standard InChI is InChI=1S/C22H21FN2O4/c1-29-20-10-7-16(13-19(20)23)18(22(27)24-17-8-9-17)12-15-4-2-14(3-5-15)6-11-21(26)25-28/h2-7,10-13,17,28H,8-9H2,1H3,(H,24,27)(H,25,26)/b11-6+,18-12?. The molecule has 3 N–H and O–H groups in total. The molecule has 0 aliphatic heterocycles. The van der Waals surface area contributed by atoms with Crippen molar-refractivity contribution in [2.75, 3.05) is 7.11 Å². The second-order valence-electron chi connectivity index (χ2n) is 6.63. The van der Waals surface area contributed by atoms with Crippen LogP contribution < -0.4 is 15.5 Å². The Bertz CT molecular complexity index is 963. The Morgan fingerprint density at radius 2 is 1.83 bits per heavy atom. The van der Waals surface area contributed by atoms with Crippen LogP contribution >= 0.6 is 0 Å². The van der Waals surface area contributed by atoms with Gasteiger partial charge in [0, 0.05) is 17.7 Å². The Morgan fingerprint density at radius 1 is 1.14 bits per heavy atom. The lowest BCUT2D eigenvalue weighted by Crippen LogP contribution is -2.26. The molecule has 6 nitrogen and oxygen atoms in total. The minimum absolute atomic E-state index is 0.110. The fourth-order valence-corrected chi connectivity index (χ4v) is 2.68. The molecule has 0 radical (unpaired) electrons. The predicted octanol–water partition coefficient (Wildman–Crippen LogP) is 3.17. The summed E-state index contributed by atoms with van der Waals surface area (Å²) >= 11 is 0. The molecule has 2 amide bonds. The zero-order valence-electron chi connectivity index (χ0n) is 15.8. The molecule has 7 heteroatoms. The number of carbonyl (C=O) groups is 2. The molecule has 2 aromatic rings. The highest BCUT2D eigenvalue weighted by molar-refractivity contribution is 6.24. The zero-order chi connectivity index (χ0) is 20.8. The van der Waals surface area contributed by atoms with Crippen LogP contribution in [0.3, 0.4) is 0 Å². The van der Waals surface area contributed by atoms with Crippen LogP contribution in [0, 0.1) is 5.82 Å². The Balaban J connectivity index is 1.90. The number of ether oxygens (including phenoxy) is 1. The second kappa shape index (κ2) is 9.16. The number of hydrogen-bond acceptors (Lipinski definition) is 4. The maximum Gasteiger partial charge on any atom is 0.267 e. The number of halogens is 1. The van der Waals surface area contributed by atoms with Gasteiger partial charge in [-0.05, 0) is 53.8 Å². The molecule has 0 saturated heterocycles. The van der Waals surface area contributed by atoms with E-state index in [9.17, 15) is 14.0 Å². The van der Waals surface area contributed by atoms with Crippen molar-refractivity contribution in [2.45, 2.75) is 18.9 Å². The maximum absolute atomic E-state index is 14.2. The fourth-order valence-electron chi connectivity index (χ4n) is 2.68. The van der Waals surface area contributed by atoms with Gasteiger partial charge >= 0.3 is 0 Å². The summed E-state index contributed by atoms with van der Waals surface area (Å²) in [4.78, 5) is 23.8. The Labute approximate surface area is 167 Å². The molecule has 0 spiro atoms. The van der Waals surface area contributed by atoms with Gasteiger partial charge in [-0.2, -0.15) is 0 Å². The van der Waals surface area contributed by atoms with E-state index >= 15 is 0 Å². The number of methoxy groups -OCH3 is 1. The Hall–Kier alpha value is -3.45. The second-order valence-corrected chi connectivity index (χ2v) is 6.63. The maximum atomic E-state index is 14.2. The predicted molar refractivity (Wildman–Crippen MR) is 107 cm³/mol. The van der Waals surface area contributed by atoms with Crippen molar-refractivity contribution in [1.29, 1.82) is 0 Å². The van der Waals surface area contributed by atoms with E-state index in [-0.39, 0.29) is 17.7 Å².